The van der Waals surface area contributed by atoms with Gasteiger partial charge in [0.15, 0.2) is 23.1 Å². The third kappa shape index (κ3) is 3.50. The van der Waals surface area contributed by atoms with Crippen molar-refractivity contribution in [2.75, 3.05) is 0 Å². The summed E-state index contributed by atoms with van der Waals surface area (Å²) in [6.45, 7) is 3.31. The number of phenols is 2. The van der Waals surface area contributed by atoms with E-state index in [1.165, 1.54) is 24.3 Å². The van der Waals surface area contributed by atoms with Crippen LogP contribution in [0.3, 0.4) is 0 Å². The largest absolute Gasteiger partial charge is 0.507 e. The fraction of sp³-hybridized carbons (Fsp3) is 0.394. The number of aromatic hydroxyl groups is 2. The zero-order valence-electron chi connectivity index (χ0n) is 23.6. The summed E-state index contributed by atoms with van der Waals surface area (Å²) in [5.41, 5.74) is 0.343. The van der Waals surface area contributed by atoms with Crippen molar-refractivity contribution >= 4 is 34.9 Å². The van der Waals surface area contributed by atoms with Crippen molar-refractivity contribution in [3.8, 4) is 22.6 Å². The Bertz CT molecular complexity index is 1830. The van der Waals surface area contributed by atoms with Gasteiger partial charge in [-0.1, -0.05) is 0 Å². The first kappa shape index (κ1) is 27.1. The summed E-state index contributed by atoms with van der Waals surface area (Å²) >= 11 is 0. The molecule has 11 nitrogen and oxygen atoms in total. The van der Waals surface area contributed by atoms with E-state index in [4.69, 9.17) is 14.2 Å². The molecule has 6 aliphatic rings. The first-order valence-electron chi connectivity index (χ1n) is 14.6. The van der Waals surface area contributed by atoms with Crippen LogP contribution >= 0.6 is 0 Å². The second kappa shape index (κ2) is 9.02. The molecule has 8 atom stereocenters. The Morgan fingerprint density at radius 1 is 0.682 bits per heavy atom. The minimum absolute atomic E-state index is 0.0246. The summed E-state index contributed by atoms with van der Waals surface area (Å²) in [7, 11) is 0. The Kier molecular flexibility index (Phi) is 5.56. The van der Waals surface area contributed by atoms with E-state index in [0.717, 1.165) is 0 Å². The fourth-order valence-electron chi connectivity index (χ4n) is 8.22. The van der Waals surface area contributed by atoms with Gasteiger partial charge in [-0.15, -0.1) is 0 Å². The number of benzene rings is 2. The molecule has 0 amide bonds. The van der Waals surface area contributed by atoms with Crippen molar-refractivity contribution in [2.45, 2.75) is 63.6 Å². The molecule has 3 aliphatic carbocycles. The van der Waals surface area contributed by atoms with Crippen molar-refractivity contribution < 1.29 is 53.2 Å². The maximum Gasteiger partial charge on any atom is 0.308 e. The standard InChI is InChI=1S/C33H26O11/c1-10-23-27(15-7-14(34)8-20(15)42-10)31(40)25-16(29(23)38)3-12(5-18(25)35)13-4-17-26(19(36)6-13)32(41)28-24(30(17)39)11(2)43-21-9-22(37)44-33(21)28/h3-6,10-11,15,20-21,24,28,33,35-36H,7-9H2,1-2H3/t10-,11-,15+,20-,21-,24?,28?,33+/m0/s1. The van der Waals surface area contributed by atoms with Gasteiger partial charge in [0.05, 0.1) is 47.7 Å². The van der Waals surface area contributed by atoms with Gasteiger partial charge in [0, 0.05) is 41.0 Å². The van der Waals surface area contributed by atoms with Gasteiger partial charge in [-0.2, -0.15) is 0 Å². The van der Waals surface area contributed by atoms with Crippen LogP contribution in [0.15, 0.2) is 35.4 Å². The van der Waals surface area contributed by atoms with Crippen LogP contribution in [-0.2, 0) is 23.8 Å². The van der Waals surface area contributed by atoms with Crippen LogP contribution in [0.4, 0.5) is 0 Å². The van der Waals surface area contributed by atoms with E-state index in [-0.39, 0.29) is 69.6 Å². The molecule has 2 saturated heterocycles. The van der Waals surface area contributed by atoms with Crippen LogP contribution in [0.5, 0.6) is 11.5 Å². The quantitative estimate of drug-likeness (QED) is 0.463. The highest BCUT2D eigenvalue weighted by molar-refractivity contribution is 6.29. The molecule has 1 saturated carbocycles. The average Bonchev–Trinajstić information content (AvgIpc) is 3.52. The molecule has 2 aromatic carbocycles. The summed E-state index contributed by atoms with van der Waals surface area (Å²) in [4.78, 5) is 79.3. The minimum Gasteiger partial charge on any atom is -0.507 e. The number of rotatable bonds is 1. The molecule has 3 fully saturated rings. The molecule has 3 heterocycles. The number of hydrogen-bond acceptors (Lipinski definition) is 11. The van der Waals surface area contributed by atoms with Crippen LogP contribution in [0, 0.1) is 17.8 Å². The lowest BCUT2D eigenvalue weighted by Crippen LogP contribution is -2.56. The highest BCUT2D eigenvalue weighted by atomic mass is 16.6. The molecular weight excluding hydrogens is 572 g/mol. The van der Waals surface area contributed by atoms with E-state index in [1.54, 1.807) is 13.8 Å². The van der Waals surface area contributed by atoms with Gasteiger partial charge in [-0.25, -0.2) is 0 Å². The molecule has 2 N–H and O–H groups in total. The number of fused-ring (bicyclic) bond motifs is 7. The van der Waals surface area contributed by atoms with Gasteiger partial charge < -0.3 is 24.4 Å². The summed E-state index contributed by atoms with van der Waals surface area (Å²) in [6.07, 6.45) is -3.31. The van der Waals surface area contributed by atoms with E-state index < -0.39 is 88.9 Å². The maximum absolute atomic E-state index is 13.8. The first-order chi connectivity index (χ1) is 20.9. The van der Waals surface area contributed by atoms with E-state index >= 15 is 0 Å². The molecule has 8 rings (SSSR count). The molecule has 2 aromatic rings. The number of carbonyl (C=O) groups excluding carboxylic acids is 6. The van der Waals surface area contributed by atoms with Crippen molar-refractivity contribution in [1.29, 1.82) is 0 Å². The normalized spacial score (nSPS) is 33.8. The second-order valence-electron chi connectivity index (χ2n) is 12.5. The average molecular weight is 599 g/mol. The summed E-state index contributed by atoms with van der Waals surface area (Å²) in [5, 5.41) is 22.2. The number of esters is 1. The lowest BCUT2D eigenvalue weighted by Gasteiger charge is -2.43. The smallest absolute Gasteiger partial charge is 0.308 e. The predicted octanol–water partition coefficient (Wildman–Crippen LogP) is 2.92. The van der Waals surface area contributed by atoms with Crippen LogP contribution < -0.4 is 0 Å². The zero-order valence-corrected chi connectivity index (χ0v) is 23.6. The zero-order chi connectivity index (χ0) is 30.9. The Labute approximate surface area is 249 Å². The van der Waals surface area contributed by atoms with Crippen LogP contribution in [0.2, 0.25) is 0 Å². The number of Topliss-reactive ketones (excluding diaryl/α,β-unsaturated/α-hetero) is 5. The minimum atomic E-state index is -1.000. The van der Waals surface area contributed by atoms with Crippen LogP contribution in [0.1, 0.15) is 74.5 Å². The van der Waals surface area contributed by atoms with Gasteiger partial charge in [0.1, 0.15) is 29.5 Å². The number of ketones is 5. The molecule has 0 bridgehead atoms. The number of ether oxygens (including phenoxy) is 3. The summed E-state index contributed by atoms with van der Waals surface area (Å²) in [5.74, 6) is -6.07. The van der Waals surface area contributed by atoms with Gasteiger partial charge in [-0.3, -0.25) is 28.8 Å². The highest BCUT2D eigenvalue weighted by Crippen LogP contribution is 2.49. The van der Waals surface area contributed by atoms with E-state index in [2.05, 4.69) is 0 Å². The second-order valence-corrected chi connectivity index (χ2v) is 12.5. The Balaban J connectivity index is 1.22. The van der Waals surface area contributed by atoms with Crippen molar-refractivity contribution in [3.63, 3.8) is 0 Å². The third-order valence-electron chi connectivity index (χ3n) is 10.1. The Hall–Kier alpha value is -4.48. The molecular formula is C33H26O11. The maximum atomic E-state index is 13.8. The van der Waals surface area contributed by atoms with Gasteiger partial charge >= 0.3 is 5.97 Å². The molecule has 11 heteroatoms. The van der Waals surface area contributed by atoms with Gasteiger partial charge in [0.2, 0.25) is 0 Å². The summed E-state index contributed by atoms with van der Waals surface area (Å²) < 4.78 is 17.2. The highest BCUT2D eigenvalue weighted by Gasteiger charge is 2.58. The molecule has 44 heavy (non-hydrogen) atoms. The van der Waals surface area contributed by atoms with Crippen molar-refractivity contribution in [1.82, 2.24) is 0 Å². The van der Waals surface area contributed by atoms with E-state index in [9.17, 15) is 39.0 Å². The molecule has 224 valence electrons. The Morgan fingerprint density at radius 2 is 1.36 bits per heavy atom. The molecule has 0 aromatic heterocycles. The van der Waals surface area contributed by atoms with Crippen LogP contribution in [0.25, 0.3) is 11.1 Å². The van der Waals surface area contributed by atoms with E-state index in [0.29, 0.717) is 0 Å². The van der Waals surface area contributed by atoms with Gasteiger partial charge in [-0.05, 0) is 49.2 Å². The molecule has 0 spiro atoms. The number of hydrogen-bond donors (Lipinski definition) is 2. The predicted molar refractivity (Wildman–Crippen MR) is 147 cm³/mol. The number of phenolic OH excluding ortho intramolecular Hbond substituents is 2. The monoisotopic (exact) mass is 598 g/mol. The van der Waals surface area contributed by atoms with E-state index in [1.807, 2.05) is 0 Å². The molecule has 2 unspecified atom stereocenters. The van der Waals surface area contributed by atoms with Crippen molar-refractivity contribution in [2.24, 2.45) is 17.8 Å². The van der Waals surface area contributed by atoms with Crippen LogP contribution in [-0.4, -0.2) is 75.6 Å². The van der Waals surface area contributed by atoms with Crippen molar-refractivity contribution in [3.05, 3.63) is 57.7 Å². The lowest BCUT2D eigenvalue weighted by atomic mass is 9.66. The van der Waals surface area contributed by atoms with Gasteiger partial charge in [0.25, 0.3) is 0 Å². The SMILES string of the molecule is C[C@@H]1O[C@H]2CC(=O)C[C@H]2C2=C1C(=O)c1cc(-c3cc(O)c4c(c3)C(=O)C3C(C4=O)[C@@H]4OC(=O)C[C@@H]4O[C@H]3C)cc(O)c1C2=O. The Morgan fingerprint density at radius 3 is 2.09 bits per heavy atom. The first-order valence-corrected chi connectivity index (χ1v) is 14.6. The molecule has 3 aliphatic heterocycles. The summed E-state index contributed by atoms with van der Waals surface area (Å²) in [6, 6.07) is 5.34. The topological polar surface area (TPSA) is 171 Å². The molecule has 0 radical (unpaired) electrons. The fourth-order valence-corrected chi connectivity index (χ4v) is 8.22. The third-order valence-corrected chi connectivity index (χ3v) is 10.1. The number of carbonyl (C=O) groups is 6. The lowest BCUT2D eigenvalue weighted by molar-refractivity contribution is -0.153.